The maximum atomic E-state index is 12.0. The standard InChI is InChI=1S/C16H13IO2/c1-19-15-4-2-3-12(11-15)5-10-16(18)13-6-8-14(17)9-7-13/h2-11H,1H3/b10-5+. The van der Waals surface area contributed by atoms with Crippen LogP contribution in [0.1, 0.15) is 15.9 Å². The Morgan fingerprint density at radius 3 is 2.58 bits per heavy atom. The molecule has 0 N–H and O–H groups in total. The molecule has 2 aromatic rings. The highest BCUT2D eigenvalue weighted by Crippen LogP contribution is 2.14. The Kier molecular flexibility index (Phi) is 4.74. The molecular formula is C16H13IO2. The number of hydrogen-bond acceptors (Lipinski definition) is 2. The smallest absolute Gasteiger partial charge is 0.185 e. The molecule has 0 bridgehead atoms. The molecule has 19 heavy (non-hydrogen) atoms. The van der Waals surface area contributed by atoms with Gasteiger partial charge >= 0.3 is 0 Å². The second-order valence-electron chi connectivity index (χ2n) is 3.98. The maximum Gasteiger partial charge on any atom is 0.185 e. The summed E-state index contributed by atoms with van der Waals surface area (Å²) in [4.78, 5) is 12.0. The van der Waals surface area contributed by atoms with Crippen molar-refractivity contribution in [1.82, 2.24) is 0 Å². The number of carbonyl (C=O) groups is 1. The van der Waals surface area contributed by atoms with Gasteiger partial charge in [-0.1, -0.05) is 30.3 Å². The molecule has 96 valence electrons. The Bertz CT molecular complexity index is 600. The predicted molar refractivity (Wildman–Crippen MR) is 85.5 cm³/mol. The topological polar surface area (TPSA) is 26.3 Å². The van der Waals surface area contributed by atoms with Crippen LogP contribution in [0, 0.1) is 3.57 Å². The third-order valence-electron chi connectivity index (χ3n) is 2.65. The molecular weight excluding hydrogens is 351 g/mol. The highest BCUT2D eigenvalue weighted by atomic mass is 127. The van der Waals surface area contributed by atoms with E-state index < -0.39 is 0 Å². The number of benzene rings is 2. The number of ether oxygens (including phenoxy) is 1. The first-order chi connectivity index (χ1) is 9.19. The molecule has 0 atom stereocenters. The van der Waals surface area contributed by atoms with Gasteiger partial charge in [0, 0.05) is 9.13 Å². The molecule has 2 rings (SSSR count). The summed E-state index contributed by atoms with van der Waals surface area (Å²) in [6.07, 6.45) is 3.37. The third kappa shape index (κ3) is 3.92. The Morgan fingerprint density at radius 2 is 1.89 bits per heavy atom. The first-order valence-electron chi connectivity index (χ1n) is 5.81. The molecule has 0 amide bonds. The van der Waals surface area contributed by atoms with Crippen LogP contribution in [0.2, 0.25) is 0 Å². The summed E-state index contributed by atoms with van der Waals surface area (Å²) >= 11 is 2.22. The lowest BCUT2D eigenvalue weighted by Gasteiger charge is -2.00. The molecule has 0 fully saturated rings. The number of halogens is 1. The second kappa shape index (κ2) is 6.52. The zero-order chi connectivity index (χ0) is 13.7. The first kappa shape index (κ1) is 13.8. The van der Waals surface area contributed by atoms with E-state index in [-0.39, 0.29) is 5.78 Å². The van der Waals surface area contributed by atoms with Crippen LogP contribution in [0.5, 0.6) is 5.75 Å². The van der Waals surface area contributed by atoms with E-state index in [9.17, 15) is 4.79 Å². The van der Waals surface area contributed by atoms with Gasteiger partial charge < -0.3 is 4.74 Å². The van der Waals surface area contributed by atoms with Crippen LogP contribution in [0.4, 0.5) is 0 Å². The number of methoxy groups -OCH3 is 1. The van der Waals surface area contributed by atoms with Gasteiger partial charge in [0.25, 0.3) is 0 Å². The average Bonchev–Trinajstić information content (AvgIpc) is 2.46. The Balaban J connectivity index is 2.13. The Morgan fingerprint density at radius 1 is 1.16 bits per heavy atom. The van der Waals surface area contributed by atoms with Gasteiger partial charge in [-0.25, -0.2) is 0 Å². The predicted octanol–water partition coefficient (Wildman–Crippen LogP) is 4.20. The van der Waals surface area contributed by atoms with E-state index in [4.69, 9.17) is 4.74 Å². The van der Waals surface area contributed by atoms with Gasteiger partial charge in [0.2, 0.25) is 0 Å². The molecule has 0 heterocycles. The molecule has 0 aromatic heterocycles. The van der Waals surface area contributed by atoms with Gasteiger partial charge in [-0.15, -0.1) is 0 Å². The molecule has 0 radical (unpaired) electrons. The SMILES string of the molecule is COc1cccc(/C=C/C(=O)c2ccc(I)cc2)c1. The van der Waals surface area contributed by atoms with Crippen LogP contribution in [0.3, 0.4) is 0 Å². The fraction of sp³-hybridized carbons (Fsp3) is 0.0625. The van der Waals surface area contributed by atoms with E-state index in [0.29, 0.717) is 5.56 Å². The monoisotopic (exact) mass is 364 g/mol. The quantitative estimate of drug-likeness (QED) is 0.462. The molecule has 0 aliphatic heterocycles. The lowest BCUT2D eigenvalue weighted by molar-refractivity contribution is 0.104. The molecule has 0 aliphatic carbocycles. The van der Waals surface area contributed by atoms with Crippen LogP contribution < -0.4 is 4.74 Å². The summed E-state index contributed by atoms with van der Waals surface area (Å²) in [6.45, 7) is 0. The minimum Gasteiger partial charge on any atom is -0.497 e. The van der Waals surface area contributed by atoms with Gasteiger partial charge in [-0.2, -0.15) is 0 Å². The summed E-state index contributed by atoms with van der Waals surface area (Å²) in [6, 6.07) is 15.1. The lowest BCUT2D eigenvalue weighted by Crippen LogP contribution is -1.93. The number of hydrogen-bond donors (Lipinski definition) is 0. The molecule has 0 spiro atoms. The van der Waals surface area contributed by atoms with Crippen molar-refractivity contribution in [3.63, 3.8) is 0 Å². The number of ketones is 1. The van der Waals surface area contributed by atoms with E-state index in [1.165, 1.54) is 0 Å². The van der Waals surface area contributed by atoms with Crippen molar-refractivity contribution in [3.8, 4) is 5.75 Å². The minimum absolute atomic E-state index is 0.000722. The molecule has 0 unspecified atom stereocenters. The number of carbonyl (C=O) groups excluding carboxylic acids is 1. The lowest BCUT2D eigenvalue weighted by atomic mass is 10.1. The minimum atomic E-state index is -0.000722. The van der Waals surface area contributed by atoms with Crippen molar-refractivity contribution in [2.75, 3.05) is 7.11 Å². The number of rotatable bonds is 4. The normalized spacial score (nSPS) is 10.6. The molecule has 2 aromatic carbocycles. The van der Waals surface area contributed by atoms with Crippen LogP contribution in [-0.2, 0) is 0 Å². The van der Waals surface area contributed by atoms with E-state index >= 15 is 0 Å². The van der Waals surface area contributed by atoms with Crippen molar-refractivity contribution in [3.05, 3.63) is 69.3 Å². The first-order valence-corrected chi connectivity index (χ1v) is 6.89. The number of allylic oxidation sites excluding steroid dienone is 1. The van der Waals surface area contributed by atoms with E-state index in [2.05, 4.69) is 22.6 Å². The Labute approximate surface area is 126 Å². The van der Waals surface area contributed by atoms with Crippen LogP contribution >= 0.6 is 22.6 Å². The van der Waals surface area contributed by atoms with Crippen molar-refractivity contribution in [1.29, 1.82) is 0 Å². The van der Waals surface area contributed by atoms with Crippen molar-refractivity contribution < 1.29 is 9.53 Å². The van der Waals surface area contributed by atoms with E-state index in [1.54, 1.807) is 19.3 Å². The van der Waals surface area contributed by atoms with Crippen LogP contribution in [0.25, 0.3) is 6.08 Å². The zero-order valence-corrected chi connectivity index (χ0v) is 12.6. The molecule has 0 saturated heterocycles. The molecule has 0 aliphatic rings. The largest absolute Gasteiger partial charge is 0.497 e. The fourth-order valence-corrected chi connectivity index (χ4v) is 1.99. The van der Waals surface area contributed by atoms with Crippen LogP contribution in [0.15, 0.2) is 54.6 Å². The van der Waals surface area contributed by atoms with Gasteiger partial charge in [0.05, 0.1) is 7.11 Å². The summed E-state index contributed by atoms with van der Waals surface area (Å²) in [5.41, 5.74) is 1.64. The van der Waals surface area contributed by atoms with Gasteiger partial charge in [-0.3, -0.25) is 4.79 Å². The molecule has 0 saturated carbocycles. The van der Waals surface area contributed by atoms with Crippen molar-refractivity contribution >= 4 is 34.5 Å². The fourth-order valence-electron chi connectivity index (χ4n) is 1.63. The second-order valence-corrected chi connectivity index (χ2v) is 5.23. The zero-order valence-electron chi connectivity index (χ0n) is 10.5. The van der Waals surface area contributed by atoms with Crippen molar-refractivity contribution in [2.45, 2.75) is 0 Å². The summed E-state index contributed by atoms with van der Waals surface area (Å²) in [7, 11) is 1.62. The highest BCUT2D eigenvalue weighted by molar-refractivity contribution is 14.1. The summed E-state index contributed by atoms with van der Waals surface area (Å²) in [5.74, 6) is 0.781. The van der Waals surface area contributed by atoms with Gasteiger partial charge in [-0.05, 0) is 58.5 Å². The summed E-state index contributed by atoms with van der Waals surface area (Å²) < 4.78 is 6.26. The van der Waals surface area contributed by atoms with Gasteiger partial charge in [0.15, 0.2) is 5.78 Å². The van der Waals surface area contributed by atoms with Crippen LogP contribution in [-0.4, -0.2) is 12.9 Å². The van der Waals surface area contributed by atoms with E-state index in [0.717, 1.165) is 14.9 Å². The molecule has 3 heteroatoms. The average molecular weight is 364 g/mol. The Hall–Kier alpha value is -1.62. The summed E-state index contributed by atoms with van der Waals surface area (Å²) in [5, 5.41) is 0. The van der Waals surface area contributed by atoms with Crippen molar-refractivity contribution in [2.24, 2.45) is 0 Å². The molecule has 2 nitrogen and oxygen atoms in total. The van der Waals surface area contributed by atoms with E-state index in [1.807, 2.05) is 48.5 Å². The van der Waals surface area contributed by atoms with Gasteiger partial charge in [0.1, 0.15) is 5.75 Å². The highest BCUT2D eigenvalue weighted by Gasteiger charge is 2.01. The maximum absolute atomic E-state index is 12.0. The third-order valence-corrected chi connectivity index (χ3v) is 3.37.